The lowest BCUT2D eigenvalue weighted by molar-refractivity contribution is -0.0498. The molecule has 3 heterocycles. The summed E-state index contributed by atoms with van der Waals surface area (Å²) >= 11 is 0. The summed E-state index contributed by atoms with van der Waals surface area (Å²) in [6, 6.07) is 8.64. The van der Waals surface area contributed by atoms with Crippen molar-refractivity contribution in [1.29, 1.82) is 0 Å². The molecular weight excluding hydrogens is 404 g/mol. The van der Waals surface area contributed by atoms with Crippen molar-refractivity contribution in [3.8, 4) is 11.5 Å². The number of methoxy groups -OCH3 is 1. The Morgan fingerprint density at radius 2 is 1.71 bits per heavy atom. The third kappa shape index (κ3) is 4.82. The van der Waals surface area contributed by atoms with Gasteiger partial charge in [0, 0.05) is 37.1 Å². The molecule has 4 rings (SSSR count). The van der Waals surface area contributed by atoms with Crippen molar-refractivity contribution in [3.63, 3.8) is 0 Å². The fourth-order valence-electron chi connectivity index (χ4n) is 3.90. The molecule has 0 spiro atoms. The lowest BCUT2D eigenvalue weighted by Crippen LogP contribution is -2.43. The molecule has 162 valence electrons. The van der Waals surface area contributed by atoms with E-state index < -0.39 is 6.61 Å². The molecule has 1 fully saturated rings. The first-order valence-corrected chi connectivity index (χ1v) is 9.98. The SMILES string of the molecule is COc1ccncc1N(c1ccc(OC(F)F)cc1)C1CCN(c2cncnc2)CC1. The van der Waals surface area contributed by atoms with Gasteiger partial charge in [0.1, 0.15) is 23.5 Å². The van der Waals surface area contributed by atoms with Crippen LogP contribution in [0.5, 0.6) is 11.5 Å². The molecule has 31 heavy (non-hydrogen) atoms. The number of pyridine rings is 1. The van der Waals surface area contributed by atoms with Crippen LogP contribution >= 0.6 is 0 Å². The van der Waals surface area contributed by atoms with Crippen LogP contribution in [0.4, 0.5) is 25.8 Å². The van der Waals surface area contributed by atoms with Gasteiger partial charge in [0.05, 0.1) is 31.4 Å². The van der Waals surface area contributed by atoms with Gasteiger partial charge in [-0.05, 0) is 37.1 Å². The summed E-state index contributed by atoms with van der Waals surface area (Å²) in [5.74, 6) is 0.817. The van der Waals surface area contributed by atoms with Gasteiger partial charge in [0.15, 0.2) is 0 Å². The number of aromatic nitrogens is 3. The molecule has 7 nitrogen and oxygen atoms in total. The van der Waals surface area contributed by atoms with Gasteiger partial charge in [-0.15, -0.1) is 0 Å². The quantitative estimate of drug-likeness (QED) is 0.557. The van der Waals surface area contributed by atoms with Crippen LogP contribution in [0, 0.1) is 0 Å². The molecule has 9 heteroatoms. The van der Waals surface area contributed by atoms with E-state index in [-0.39, 0.29) is 11.8 Å². The van der Waals surface area contributed by atoms with Gasteiger partial charge in [-0.25, -0.2) is 9.97 Å². The lowest BCUT2D eigenvalue weighted by Gasteiger charge is -2.40. The summed E-state index contributed by atoms with van der Waals surface area (Å²) in [4.78, 5) is 16.9. The highest BCUT2D eigenvalue weighted by Crippen LogP contribution is 2.38. The molecule has 0 aliphatic carbocycles. The normalized spacial score (nSPS) is 14.5. The third-order valence-corrected chi connectivity index (χ3v) is 5.32. The van der Waals surface area contributed by atoms with Crippen molar-refractivity contribution in [1.82, 2.24) is 15.0 Å². The van der Waals surface area contributed by atoms with Crippen LogP contribution in [0.1, 0.15) is 12.8 Å². The molecule has 0 unspecified atom stereocenters. The summed E-state index contributed by atoms with van der Waals surface area (Å²) in [5.41, 5.74) is 2.68. The summed E-state index contributed by atoms with van der Waals surface area (Å²) < 4.78 is 35.2. The maximum absolute atomic E-state index is 12.5. The maximum atomic E-state index is 12.5. The second-order valence-electron chi connectivity index (χ2n) is 7.10. The molecule has 1 saturated heterocycles. The Kier molecular flexibility index (Phi) is 6.40. The second-order valence-corrected chi connectivity index (χ2v) is 7.10. The molecule has 0 amide bonds. The van der Waals surface area contributed by atoms with Crippen LogP contribution in [0.15, 0.2) is 61.4 Å². The number of alkyl halides is 2. The number of hydrogen-bond donors (Lipinski definition) is 0. The molecule has 1 aliphatic rings. The smallest absolute Gasteiger partial charge is 0.387 e. The van der Waals surface area contributed by atoms with Gasteiger partial charge >= 0.3 is 6.61 Å². The average molecular weight is 427 g/mol. The van der Waals surface area contributed by atoms with Gasteiger partial charge in [-0.1, -0.05) is 0 Å². The number of benzene rings is 1. The first kappa shape index (κ1) is 20.8. The summed E-state index contributed by atoms with van der Waals surface area (Å²) in [7, 11) is 1.62. The monoisotopic (exact) mass is 427 g/mol. The van der Waals surface area contributed by atoms with Crippen LogP contribution in [-0.2, 0) is 0 Å². The standard InChI is InChI=1S/C22H23F2N5O2/c1-30-21-6-9-25-14-20(21)29(16-2-4-19(5-3-16)31-22(23)24)17-7-10-28(11-8-17)18-12-26-15-27-13-18/h2-6,9,12-15,17,22H,7-8,10-11H2,1H3. The van der Waals surface area contributed by atoms with E-state index in [1.54, 1.807) is 43.8 Å². The van der Waals surface area contributed by atoms with Gasteiger partial charge in [0.25, 0.3) is 0 Å². The number of anilines is 3. The van der Waals surface area contributed by atoms with E-state index >= 15 is 0 Å². The second kappa shape index (κ2) is 9.55. The Morgan fingerprint density at radius 1 is 1.00 bits per heavy atom. The van der Waals surface area contributed by atoms with Crippen molar-refractivity contribution in [2.75, 3.05) is 30.0 Å². The number of nitrogens with zero attached hydrogens (tertiary/aromatic N) is 5. The lowest BCUT2D eigenvalue weighted by atomic mass is 10.0. The van der Waals surface area contributed by atoms with Gasteiger partial charge < -0.3 is 19.3 Å². The van der Waals surface area contributed by atoms with Crippen molar-refractivity contribution in [2.24, 2.45) is 0 Å². The van der Waals surface area contributed by atoms with E-state index in [0.717, 1.165) is 43.0 Å². The minimum Gasteiger partial charge on any atom is -0.494 e. The fraction of sp³-hybridized carbons (Fsp3) is 0.318. The molecular formula is C22H23F2N5O2. The van der Waals surface area contributed by atoms with Crippen molar-refractivity contribution < 1.29 is 18.3 Å². The highest BCUT2D eigenvalue weighted by atomic mass is 19.3. The molecule has 0 radical (unpaired) electrons. The number of halogens is 2. The third-order valence-electron chi connectivity index (χ3n) is 5.32. The Bertz CT molecular complexity index is 967. The van der Waals surface area contributed by atoms with Crippen LogP contribution < -0.4 is 19.3 Å². The van der Waals surface area contributed by atoms with E-state index in [4.69, 9.17) is 4.74 Å². The highest BCUT2D eigenvalue weighted by molar-refractivity contribution is 5.69. The van der Waals surface area contributed by atoms with E-state index in [2.05, 4.69) is 29.5 Å². The van der Waals surface area contributed by atoms with Crippen molar-refractivity contribution in [2.45, 2.75) is 25.5 Å². The minimum atomic E-state index is -2.85. The predicted molar refractivity (Wildman–Crippen MR) is 113 cm³/mol. The summed E-state index contributed by atoms with van der Waals surface area (Å²) in [6.45, 7) is -1.18. The van der Waals surface area contributed by atoms with E-state index in [0.29, 0.717) is 5.75 Å². The Morgan fingerprint density at radius 3 is 2.35 bits per heavy atom. The van der Waals surface area contributed by atoms with Crippen LogP contribution in [-0.4, -0.2) is 47.8 Å². The molecule has 1 aromatic carbocycles. The highest BCUT2D eigenvalue weighted by Gasteiger charge is 2.28. The van der Waals surface area contributed by atoms with Crippen LogP contribution in [0.2, 0.25) is 0 Å². The largest absolute Gasteiger partial charge is 0.494 e. The number of ether oxygens (including phenoxy) is 2. The molecule has 2 aromatic heterocycles. The summed E-state index contributed by atoms with van der Waals surface area (Å²) in [5, 5.41) is 0. The van der Waals surface area contributed by atoms with E-state index in [9.17, 15) is 8.78 Å². The van der Waals surface area contributed by atoms with Gasteiger partial charge in [0.2, 0.25) is 0 Å². The minimum absolute atomic E-state index is 0.121. The molecule has 3 aromatic rings. The molecule has 1 aliphatic heterocycles. The van der Waals surface area contributed by atoms with Crippen molar-refractivity contribution in [3.05, 3.63) is 61.4 Å². The molecule has 0 atom stereocenters. The molecule has 0 saturated carbocycles. The number of rotatable bonds is 7. The predicted octanol–water partition coefficient (Wildman–Crippen LogP) is 4.29. The van der Waals surface area contributed by atoms with E-state index in [1.165, 1.54) is 6.33 Å². The van der Waals surface area contributed by atoms with E-state index in [1.807, 2.05) is 18.5 Å². The molecule has 0 bridgehead atoms. The zero-order chi connectivity index (χ0) is 21.6. The van der Waals surface area contributed by atoms with Crippen LogP contribution in [0.25, 0.3) is 0 Å². The van der Waals surface area contributed by atoms with Crippen molar-refractivity contribution >= 4 is 17.1 Å². The zero-order valence-corrected chi connectivity index (χ0v) is 17.1. The van der Waals surface area contributed by atoms with Crippen LogP contribution in [0.3, 0.4) is 0 Å². The number of hydrogen-bond acceptors (Lipinski definition) is 7. The average Bonchev–Trinajstić information content (AvgIpc) is 2.81. The Labute approximate surface area is 179 Å². The topological polar surface area (TPSA) is 63.6 Å². The maximum Gasteiger partial charge on any atom is 0.387 e. The number of piperidine rings is 1. The fourth-order valence-corrected chi connectivity index (χ4v) is 3.90. The molecule has 0 N–H and O–H groups in total. The Balaban J connectivity index is 1.60. The van der Waals surface area contributed by atoms with Gasteiger partial charge in [-0.2, -0.15) is 8.78 Å². The first-order chi connectivity index (χ1) is 15.2. The Hall–Kier alpha value is -3.49. The van der Waals surface area contributed by atoms with Gasteiger partial charge in [-0.3, -0.25) is 4.98 Å². The zero-order valence-electron chi connectivity index (χ0n) is 17.1. The summed E-state index contributed by atoms with van der Waals surface area (Å²) in [6.07, 6.45) is 10.4. The first-order valence-electron chi connectivity index (χ1n) is 9.98.